The molecule has 0 saturated carbocycles. The Labute approximate surface area is 116 Å². The molecular formula is C16H13FN2O. The third-order valence-electron chi connectivity index (χ3n) is 3.09. The molecular weight excluding hydrogens is 255 g/mol. The van der Waals surface area contributed by atoms with Gasteiger partial charge < -0.3 is 4.90 Å². The lowest BCUT2D eigenvalue weighted by atomic mass is 10.1. The highest BCUT2D eigenvalue weighted by molar-refractivity contribution is 6.00. The second-order valence-electron chi connectivity index (χ2n) is 4.41. The van der Waals surface area contributed by atoms with Crippen LogP contribution in [0.3, 0.4) is 0 Å². The molecule has 0 bridgehead atoms. The Morgan fingerprint density at radius 1 is 1.20 bits per heavy atom. The van der Waals surface area contributed by atoms with Crippen LogP contribution in [0.1, 0.15) is 22.8 Å². The van der Waals surface area contributed by atoms with Crippen molar-refractivity contribution in [2.45, 2.75) is 6.92 Å². The number of hydrogen-bond donors (Lipinski definition) is 0. The predicted molar refractivity (Wildman–Crippen MR) is 75.6 cm³/mol. The van der Waals surface area contributed by atoms with Gasteiger partial charge in [0.2, 0.25) is 0 Å². The number of halogens is 1. The maximum absolute atomic E-state index is 14.0. The van der Waals surface area contributed by atoms with E-state index in [1.54, 1.807) is 42.3 Å². The minimum absolute atomic E-state index is 0.194. The molecule has 0 atom stereocenters. The van der Waals surface area contributed by atoms with Gasteiger partial charge in [-0.2, -0.15) is 5.26 Å². The van der Waals surface area contributed by atoms with Crippen molar-refractivity contribution < 1.29 is 9.18 Å². The molecule has 0 spiro atoms. The zero-order valence-electron chi connectivity index (χ0n) is 11.2. The fourth-order valence-corrected chi connectivity index (χ4v) is 2.03. The van der Waals surface area contributed by atoms with Crippen LogP contribution >= 0.6 is 0 Å². The van der Waals surface area contributed by atoms with Crippen LogP contribution in [0, 0.1) is 17.1 Å². The lowest BCUT2D eigenvalue weighted by molar-refractivity contribution is 0.101. The highest BCUT2D eigenvalue weighted by Gasteiger charge is 2.17. The number of rotatable bonds is 3. The van der Waals surface area contributed by atoms with Gasteiger partial charge in [0.15, 0.2) is 5.78 Å². The van der Waals surface area contributed by atoms with Crippen LogP contribution in [0.4, 0.5) is 15.8 Å². The summed E-state index contributed by atoms with van der Waals surface area (Å²) in [5.41, 5.74) is 1.81. The zero-order chi connectivity index (χ0) is 14.7. The smallest absolute Gasteiger partial charge is 0.162 e. The van der Waals surface area contributed by atoms with Gasteiger partial charge in [0.05, 0.1) is 17.3 Å². The number of para-hydroxylation sites is 1. The number of carbonyl (C=O) groups excluding carboxylic acids is 1. The largest absolute Gasteiger partial charge is 0.342 e. The number of benzene rings is 2. The highest BCUT2D eigenvalue weighted by atomic mass is 19.1. The molecule has 0 saturated heterocycles. The quantitative estimate of drug-likeness (QED) is 0.798. The Bertz CT molecular complexity index is 687. The molecule has 0 N–H and O–H groups in total. The predicted octanol–water partition coefficient (Wildman–Crippen LogP) is 3.67. The average Bonchev–Trinajstić information content (AvgIpc) is 2.46. The fourth-order valence-electron chi connectivity index (χ4n) is 2.03. The van der Waals surface area contributed by atoms with Crippen LogP contribution < -0.4 is 4.90 Å². The van der Waals surface area contributed by atoms with Gasteiger partial charge in [0, 0.05) is 18.3 Å². The second kappa shape index (κ2) is 5.54. The minimum atomic E-state index is -0.454. The first-order valence-electron chi connectivity index (χ1n) is 6.08. The molecule has 0 unspecified atom stereocenters. The minimum Gasteiger partial charge on any atom is -0.342 e. The molecule has 0 aromatic heterocycles. The summed E-state index contributed by atoms with van der Waals surface area (Å²) in [5, 5.41) is 8.78. The van der Waals surface area contributed by atoms with E-state index in [1.807, 2.05) is 6.07 Å². The standard InChI is InChI=1S/C16H13FN2O/c1-11(20)14-4-3-5-15(17)16(14)19(2)13-8-6-12(10-18)7-9-13/h3-9H,1-2H3. The number of ketones is 1. The maximum atomic E-state index is 14.0. The Morgan fingerprint density at radius 2 is 1.85 bits per heavy atom. The van der Waals surface area contributed by atoms with Gasteiger partial charge in [-0.25, -0.2) is 4.39 Å². The molecule has 2 aromatic rings. The number of nitriles is 1. The number of nitrogens with zero attached hydrogens (tertiary/aromatic N) is 2. The van der Waals surface area contributed by atoms with Crippen molar-refractivity contribution >= 4 is 17.2 Å². The van der Waals surface area contributed by atoms with Crippen LogP contribution in [0.25, 0.3) is 0 Å². The molecule has 0 aliphatic heterocycles. The fraction of sp³-hybridized carbons (Fsp3) is 0.125. The van der Waals surface area contributed by atoms with Crippen LogP contribution in [0.15, 0.2) is 42.5 Å². The van der Waals surface area contributed by atoms with Crippen LogP contribution in [-0.4, -0.2) is 12.8 Å². The molecule has 0 radical (unpaired) electrons. The van der Waals surface area contributed by atoms with E-state index in [-0.39, 0.29) is 11.5 Å². The van der Waals surface area contributed by atoms with Crippen LogP contribution in [0.2, 0.25) is 0 Å². The molecule has 2 aromatic carbocycles. The number of carbonyl (C=O) groups is 1. The number of hydrogen-bond acceptors (Lipinski definition) is 3. The molecule has 2 rings (SSSR count). The van der Waals surface area contributed by atoms with Gasteiger partial charge >= 0.3 is 0 Å². The van der Waals surface area contributed by atoms with Crippen molar-refractivity contribution in [2.24, 2.45) is 0 Å². The summed E-state index contributed by atoms with van der Waals surface area (Å²) < 4.78 is 14.0. The Kier molecular flexibility index (Phi) is 3.81. The van der Waals surface area contributed by atoms with E-state index in [2.05, 4.69) is 0 Å². The van der Waals surface area contributed by atoms with Gasteiger partial charge in [0.25, 0.3) is 0 Å². The summed E-state index contributed by atoms with van der Waals surface area (Å²) >= 11 is 0. The summed E-state index contributed by atoms with van der Waals surface area (Å²) in [7, 11) is 1.69. The van der Waals surface area contributed by atoms with Gasteiger partial charge in [-0.1, -0.05) is 6.07 Å². The van der Waals surface area contributed by atoms with Gasteiger partial charge in [0.1, 0.15) is 5.82 Å². The average molecular weight is 268 g/mol. The lowest BCUT2D eigenvalue weighted by Crippen LogP contribution is -2.15. The van der Waals surface area contributed by atoms with E-state index in [9.17, 15) is 9.18 Å². The van der Waals surface area contributed by atoms with E-state index >= 15 is 0 Å². The third kappa shape index (κ3) is 2.52. The molecule has 0 fully saturated rings. The SMILES string of the molecule is CC(=O)c1cccc(F)c1N(C)c1ccc(C#N)cc1. The van der Waals surface area contributed by atoms with Crippen molar-refractivity contribution in [3.05, 3.63) is 59.4 Å². The van der Waals surface area contributed by atoms with Crippen molar-refractivity contribution in [1.82, 2.24) is 0 Å². The van der Waals surface area contributed by atoms with Crippen molar-refractivity contribution in [1.29, 1.82) is 5.26 Å². The number of Topliss-reactive ketones (excluding diaryl/α,β-unsaturated/α-hetero) is 1. The van der Waals surface area contributed by atoms with Crippen LogP contribution in [-0.2, 0) is 0 Å². The summed E-state index contributed by atoms with van der Waals surface area (Å²) in [5.74, 6) is -0.649. The van der Waals surface area contributed by atoms with Crippen LogP contribution in [0.5, 0.6) is 0 Å². The van der Waals surface area contributed by atoms with Crippen molar-refractivity contribution in [3.8, 4) is 6.07 Å². The molecule has 0 amide bonds. The summed E-state index contributed by atoms with van der Waals surface area (Å²) in [4.78, 5) is 13.2. The molecule has 20 heavy (non-hydrogen) atoms. The van der Waals surface area contributed by atoms with E-state index in [0.29, 0.717) is 16.8 Å². The first-order valence-corrected chi connectivity index (χ1v) is 6.08. The lowest BCUT2D eigenvalue weighted by Gasteiger charge is -2.22. The Hall–Kier alpha value is -2.67. The summed E-state index contributed by atoms with van der Waals surface area (Å²) in [6.07, 6.45) is 0. The number of anilines is 2. The van der Waals surface area contributed by atoms with E-state index in [4.69, 9.17) is 5.26 Å². The monoisotopic (exact) mass is 268 g/mol. The molecule has 0 heterocycles. The van der Waals surface area contributed by atoms with E-state index in [1.165, 1.54) is 19.1 Å². The van der Waals surface area contributed by atoms with E-state index in [0.717, 1.165) is 0 Å². The Morgan fingerprint density at radius 3 is 2.40 bits per heavy atom. The second-order valence-corrected chi connectivity index (χ2v) is 4.41. The summed E-state index contributed by atoms with van der Waals surface area (Å²) in [6, 6.07) is 13.2. The van der Waals surface area contributed by atoms with Gasteiger partial charge in [-0.3, -0.25) is 4.79 Å². The Balaban J connectivity index is 2.50. The van der Waals surface area contributed by atoms with Crippen molar-refractivity contribution in [2.75, 3.05) is 11.9 Å². The summed E-state index contributed by atoms with van der Waals surface area (Å²) in [6.45, 7) is 1.41. The first kappa shape index (κ1) is 13.8. The maximum Gasteiger partial charge on any atom is 0.162 e. The van der Waals surface area contributed by atoms with Gasteiger partial charge in [-0.05, 0) is 43.3 Å². The molecule has 100 valence electrons. The van der Waals surface area contributed by atoms with E-state index < -0.39 is 5.82 Å². The molecule has 0 aliphatic rings. The molecule has 4 heteroatoms. The first-order chi connectivity index (χ1) is 9.54. The highest BCUT2D eigenvalue weighted by Crippen LogP contribution is 2.30. The zero-order valence-corrected chi connectivity index (χ0v) is 11.2. The third-order valence-corrected chi connectivity index (χ3v) is 3.09. The normalized spacial score (nSPS) is 9.90. The van der Waals surface area contributed by atoms with Crippen molar-refractivity contribution in [3.63, 3.8) is 0 Å². The molecule has 0 aliphatic carbocycles. The van der Waals surface area contributed by atoms with Gasteiger partial charge in [-0.15, -0.1) is 0 Å². The molecule has 3 nitrogen and oxygen atoms in total. The topological polar surface area (TPSA) is 44.1 Å².